The van der Waals surface area contributed by atoms with Gasteiger partial charge in [0.25, 0.3) is 5.91 Å². The van der Waals surface area contributed by atoms with Gasteiger partial charge in [-0.25, -0.2) is 0 Å². The molecule has 0 atom stereocenters. The fraction of sp³-hybridized carbons (Fsp3) is 0.308. The molecule has 0 aliphatic carbocycles. The van der Waals surface area contributed by atoms with Gasteiger partial charge in [0.15, 0.2) is 0 Å². The van der Waals surface area contributed by atoms with E-state index in [4.69, 9.17) is 6.42 Å². The predicted molar refractivity (Wildman–Crippen MR) is 62.4 cm³/mol. The molecule has 0 unspecified atom stereocenters. The average Bonchev–Trinajstić information content (AvgIpc) is 2.20. The summed E-state index contributed by atoms with van der Waals surface area (Å²) in [5.41, 5.74) is 1.94. The monoisotopic (exact) mass is 201 g/mol. The molecular weight excluding hydrogens is 186 g/mol. The molecule has 0 saturated carbocycles. The molecule has 0 radical (unpaired) electrons. The van der Waals surface area contributed by atoms with E-state index in [-0.39, 0.29) is 0 Å². The Hall–Kier alpha value is -1.75. The topological polar surface area (TPSA) is 29.1 Å². The van der Waals surface area contributed by atoms with Gasteiger partial charge in [-0.2, -0.15) is 0 Å². The Kier molecular flexibility index (Phi) is 3.93. The number of hydrogen-bond acceptors (Lipinski definition) is 1. The summed E-state index contributed by atoms with van der Waals surface area (Å²) in [6.45, 7) is 4.28. The molecule has 1 aromatic carbocycles. The van der Waals surface area contributed by atoms with Gasteiger partial charge in [-0.05, 0) is 29.9 Å². The van der Waals surface area contributed by atoms with Gasteiger partial charge in [-0.1, -0.05) is 32.0 Å². The maximum atomic E-state index is 11.1. The van der Waals surface area contributed by atoms with Crippen LogP contribution in [-0.4, -0.2) is 5.91 Å². The summed E-state index contributed by atoms with van der Waals surface area (Å²) in [5.74, 6) is 2.20. The van der Waals surface area contributed by atoms with Crippen molar-refractivity contribution >= 4 is 11.6 Å². The van der Waals surface area contributed by atoms with E-state index in [2.05, 4.69) is 19.2 Å². The number of carbonyl (C=O) groups excluding carboxylic acids is 1. The fourth-order valence-electron chi connectivity index (χ4n) is 1.42. The van der Waals surface area contributed by atoms with E-state index < -0.39 is 5.91 Å². The zero-order valence-electron chi connectivity index (χ0n) is 9.08. The smallest absolute Gasteiger partial charge is 0.300 e. The Labute approximate surface area is 90.7 Å². The van der Waals surface area contributed by atoms with E-state index in [1.54, 1.807) is 0 Å². The molecule has 0 spiro atoms. The number of rotatable bonds is 3. The summed E-state index contributed by atoms with van der Waals surface area (Å²) in [5, 5.41) is 2.69. The third-order valence-electron chi connectivity index (χ3n) is 2.02. The number of nitrogens with one attached hydrogen (secondary N) is 1. The number of amides is 1. The Bertz CT molecular complexity index is 388. The highest BCUT2D eigenvalue weighted by Gasteiger charge is 2.05. The van der Waals surface area contributed by atoms with Crippen LogP contribution in [0.25, 0.3) is 0 Å². The lowest BCUT2D eigenvalue weighted by atomic mass is 10.0. The fourth-order valence-corrected chi connectivity index (χ4v) is 1.42. The molecule has 0 saturated heterocycles. The third kappa shape index (κ3) is 3.47. The summed E-state index contributed by atoms with van der Waals surface area (Å²) >= 11 is 0. The van der Waals surface area contributed by atoms with E-state index in [1.165, 1.54) is 0 Å². The standard InChI is InChI=1S/C13H15NO/c1-4-13(15)14-12-8-6-5-7-11(12)9-10(2)3/h1,5-8,10H,9H2,2-3H3,(H,14,15). The maximum absolute atomic E-state index is 11.1. The largest absolute Gasteiger partial charge is 0.315 e. The van der Waals surface area contributed by atoms with E-state index >= 15 is 0 Å². The summed E-state index contributed by atoms with van der Waals surface area (Å²) in [4.78, 5) is 11.1. The summed E-state index contributed by atoms with van der Waals surface area (Å²) in [7, 11) is 0. The molecular formula is C13H15NO. The zero-order valence-corrected chi connectivity index (χ0v) is 9.08. The van der Waals surface area contributed by atoms with Crippen LogP contribution in [0.3, 0.4) is 0 Å². The van der Waals surface area contributed by atoms with Crippen LogP contribution in [0, 0.1) is 18.3 Å². The Balaban J connectivity index is 2.87. The number of benzene rings is 1. The van der Waals surface area contributed by atoms with E-state index in [0.717, 1.165) is 17.7 Å². The number of terminal acetylenes is 1. The van der Waals surface area contributed by atoms with Crippen molar-refractivity contribution in [3.05, 3.63) is 29.8 Å². The van der Waals surface area contributed by atoms with Gasteiger partial charge in [0, 0.05) is 5.69 Å². The summed E-state index contributed by atoms with van der Waals surface area (Å²) in [6.07, 6.45) is 5.94. The number of hydrogen-bond donors (Lipinski definition) is 1. The highest BCUT2D eigenvalue weighted by Crippen LogP contribution is 2.18. The van der Waals surface area contributed by atoms with Gasteiger partial charge < -0.3 is 5.32 Å². The molecule has 0 aromatic heterocycles. The molecule has 1 rings (SSSR count). The Morgan fingerprint density at radius 3 is 2.73 bits per heavy atom. The van der Waals surface area contributed by atoms with Crippen molar-refractivity contribution in [2.24, 2.45) is 5.92 Å². The van der Waals surface area contributed by atoms with E-state index in [0.29, 0.717) is 5.92 Å². The first-order valence-corrected chi connectivity index (χ1v) is 4.99. The first kappa shape index (κ1) is 11.3. The van der Waals surface area contributed by atoms with E-state index in [1.807, 2.05) is 30.2 Å². The molecule has 0 aliphatic heterocycles. The SMILES string of the molecule is C#CC(=O)Nc1ccccc1CC(C)C. The van der Waals surface area contributed by atoms with Crippen LogP contribution in [0.2, 0.25) is 0 Å². The molecule has 1 aromatic rings. The second-order valence-corrected chi connectivity index (χ2v) is 3.85. The molecule has 78 valence electrons. The van der Waals surface area contributed by atoms with Crippen LogP contribution in [0.5, 0.6) is 0 Å². The van der Waals surface area contributed by atoms with Gasteiger partial charge in [-0.15, -0.1) is 6.42 Å². The van der Waals surface area contributed by atoms with Crippen molar-refractivity contribution in [3.8, 4) is 12.3 Å². The number of para-hydroxylation sites is 1. The third-order valence-corrected chi connectivity index (χ3v) is 2.02. The maximum Gasteiger partial charge on any atom is 0.300 e. The van der Waals surface area contributed by atoms with Crippen molar-refractivity contribution < 1.29 is 4.79 Å². The lowest BCUT2D eigenvalue weighted by Gasteiger charge is -2.10. The molecule has 15 heavy (non-hydrogen) atoms. The average molecular weight is 201 g/mol. The van der Waals surface area contributed by atoms with Crippen LogP contribution in [-0.2, 0) is 11.2 Å². The van der Waals surface area contributed by atoms with Gasteiger partial charge in [0.1, 0.15) is 0 Å². The Morgan fingerprint density at radius 1 is 1.47 bits per heavy atom. The normalized spacial score (nSPS) is 9.73. The minimum atomic E-state index is -0.397. The van der Waals surface area contributed by atoms with Crippen LogP contribution in [0.4, 0.5) is 5.69 Å². The van der Waals surface area contributed by atoms with Gasteiger partial charge in [-0.3, -0.25) is 4.79 Å². The van der Waals surface area contributed by atoms with Crippen LogP contribution in [0.15, 0.2) is 24.3 Å². The zero-order chi connectivity index (χ0) is 11.3. The van der Waals surface area contributed by atoms with Crippen molar-refractivity contribution in [2.45, 2.75) is 20.3 Å². The van der Waals surface area contributed by atoms with Crippen LogP contribution in [0.1, 0.15) is 19.4 Å². The lowest BCUT2D eigenvalue weighted by molar-refractivity contribution is -0.111. The molecule has 1 amide bonds. The van der Waals surface area contributed by atoms with Gasteiger partial charge in [0.2, 0.25) is 0 Å². The number of anilines is 1. The molecule has 2 nitrogen and oxygen atoms in total. The first-order valence-electron chi connectivity index (χ1n) is 4.99. The first-order chi connectivity index (χ1) is 7.13. The van der Waals surface area contributed by atoms with Crippen molar-refractivity contribution in [1.29, 1.82) is 0 Å². The van der Waals surface area contributed by atoms with Gasteiger partial charge in [0.05, 0.1) is 0 Å². The molecule has 2 heteroatoms. The minimum Gasteiger partial charge on any atom is -0.315 e. The van der Waals surface area contributed by atoms with Crippen molar-refractivity contribution in [1.82, 2.24) is 0 Å². The van der Waals surface area contributed by atoms with Gasteiger partial charge >= 0.3 is 0 Å². The Morgan fingerprint density at radius 2 is 2.13 bits per heavy atom. The molecule has 0 fully saturated rings. The quantitative estimate of drug-likeness (QED) is 0.748. The van der Waals surface area contributed by atoms with Crippen molar-refractivity contribution in [2.75, 3.05) is 5.32 Å². The molecule has 0 heterocycles. The second kappa shape index (κ2) is 5.21. The summed E-state index contributed by atoms with van der Waals surface area (Å²) < 4.78 is 0. The van der Waals surface area contributed by atoms with Crippen LogP contribution >= 0.6 is 0 Å². The predicted octanol–water partition coefficient (Wildman–Crippen LogP) is 2.46. The molecule has 1 N–H and O–H groups in total. The van der Waals surface area contributed by atoms with Crippen molar-refractivity contribution in [3.63, 3.8) is 0 Å². The lowest BCUT2D eigenvalue weighted by Crippen LogP contribution is -2.10. The number of carbonyl (C=O) groups is 1. The molecule has 0 bridgehead atoms. The van der Waals surface area contributed by atoms with Crippen LogP contribution < -0.4 is 5.32 Å². The minimum absolute atomic E-state index is 0.397. The highest BCUT2D eigenvalue weighted by molar-refractivity contribution is 6.03. The van der Waals surface area contributed by atoms with E-state index in [9.17, 15) is 4.79 Å². The molecule has 0 aliphatic rings. The second-order valence-electron chi connectivity index (χ2n) is 3.85. The summed E-state index contributed by atoms with van der Waals surface area (Å²) in [6, 6.07) is 7.72. The highest BCUT2D eigenvalue weighted by atomic mass is 16.1.